The number of carbonyl (C=O) groups excluding carboxylic acids is 3. The van der Waals surface area contributed by atoms with Gasteiger partial charge >= 0.3 is 12.3 Å². The molecule has 8 nitrogen and oxygen atoms in total. The molecule has 2 aliphatic heterocycles. The third-order valence-corrected chi connectivity index (χ3v) is 9.40. The molecule has 1 aliphatic carbocycles. The summed E-state index contributed by atoms with van der Waals surface area (Å²) in [5.41, 5.74) is -3.35. The van der Waals surface area contributed by atoms with Crippen LogP contribution in [-0.2, 0) is 26.4 Å². The number of carbonyl (C=O) groups is 3. The number of rotatable bonds is 1. The van der Waals surface area contributed by atoms with Crippen LogP contribution in [0.2, 0.25) is 0 Å². The van der Waals surface area contributed by atoms with Gasteiger partial charge in [-0.15, -0.1) is 0 Å². The lowest BCUT2D eigenvalue weighted by molar-refractivity contribution is -0.139. The molecule has 2 amide bonds. The lowest BCUT2D eigenvalue weighted by Crippen LogP contribution is -2.56. The van der Waals surface area contributed by atoms with E-state index >= 15 is 8.78 Å². The zero-order valence-electron chi connectivity index (χ0n) is 25.8. The Balaban J connectivity index is 1.58. The molecular weight excluding hydrogens is 601 g/mol. The predicted molar refractivity (Wildman–Crippen MR) is 154 cm³/mol. The number of amides is 2. The van der Waals surface area contributed by atoms with Crippen molar-refractivity contribution < 1.29 is 45.8 Å². The largest absolute Gasteiger partial charge is 0.472 e. The highest BCUT2D eigenvalue weighted by atomic mass is 19.4. The maximum atomic E-state index is 15.9. The van der Waals surface area contributed by atoms with Gasteiger partial charge in [-0.25, -0.2) is 18.6 Å². The van der Waals surface area contributed by atoms with Crippen LogP contribution in [0.25, 0.3) is 10.9 Å². The first-order chi connectivity index (χ1) is 20.8. The quantitative estimate of drug-likeness (QED) is 0.278. The van der Waals surface area contributed by atoms with Gasteiger partial charge in [0.25, 0.3) is 5.92 Å². The molecule has 0 spiro atoms. The van der Waals surface area contributed by atoms with Crippen molar-refractivity contribution in [2.45, 2.75) is 103 Å². The second kappa shape index (κ2) is 11.4. The van der Waals surface area contributed by atoms with Crippen LogP contribution in [0.15, 0.2) is 24.3 Å². The van der Waals surface area contributed by atoms with Crippen molar-refractivity contribution in [3.8, 4) is 5.88 Å². The second-order valence-electron chi connectivity index (χ2n) is 13.9. The highest BCUT2D eigenvalue weighted by Crippen LogP contribution is 2.50. The van der Waals surface area contributed by atoms with E-state index in [2.05, 4.69) is 10.3 Å². The Morgan fingerprint density at radius 1 is 1.11 bits per heavy atom. The van der Waals surface area contributed by atoms with Gasteiger partial charge in [0, 0.05) is 23.6 Å². The average Bonchev–Trinajstić information content (AvgIpc) is 3.46. The maximum absolute atomic E-state index is 15.9. The summed E-state index contributed by atoms with van der Waals surface area (Å²) in [6.07, 6.45) is -4.85. The Labute approximate surface area is 258 Å². The van der Waals surface area contributed by atoms with E-state index in [0.29, 0.717) is 25.5 Å². The summed E-state index contributed by atoms with van der Waals surface area (Å²) in [7, 11) is 0. The number of aldehydes is 1. The van der Waals surface area contributed by atoms with Crippen LogP contribution in [0.5, 0.6) is 5.88 Å². The Morgan fingerprint density at radius 2 is 1.82 bits per heavy atom. The van der Waals surface area contributed by atoms with Crippen molar-refractivity contribution in [2.75, 3.05) is 6.54 Å². The standard InChI is InChI=1S/C32H38F5N3O5/c1-17-23(16-41)40-15-24(17)44-26-21(12-18-9-10-19(32(35,36)37)13-22(18)38-26)31(33,34)11-7-6-8-20-14-30(20,5)45-28(43)39-25(27(40)42)29(2,3)4/h9-10,12-13,16-17,20,23-25H,6-8,11,14-15H2,1-5H3,(H,39,43)/t17-,20+,23+,24-,25+,30+/m0/s1. The molecule has 45 heavy (non-hydrogen) atoms. The Morgan fingerprint density at radius 3 is 2.47 bits per heavy atom. The molecule has 1 aromatic carbocycles. The monoisotopic (exact) mass is 639 g/mol. The van der Waals surface area contributed by atoms with Gasteiger partial charge in [-0.1, -0.05) is 40.2 Å². The number of alkyl carbamates (subject to hydrolysis) is 1. The molecule has 2 aromatic rings. The summed E-state index contributed by atoms with van der Waals surface area (Å²) < 4.78 is 83.9. The molecule has 2 bridgehead atoms. The minimum atomic E-state index is -4.68. The molecule has 1 aromatic heterocycles. The van der Waals surface area contributed by atoms with Crippen LogP contribution >= 0.6 is 0 Å². The summed E-state index contributed by atoms with van der Waals surface area (Å²) in [6, 6.07) is 1.66. The van der Waals surface area contributed by atoms with E-state index in [9.17, 15) is 27.6 Å². The van der Waals surface area contributed by atoms with Crippen molar-refractivity contribution in [2.24, 2.45) is 17.3 Å². The molecule has 0 radical (unpaired) electrons. The van der Waals surface area contributed by atoms with E-state index in [0.717, 1.165) is 24.3 Å². The number of ether oxygens (including phenoxy) is 2. The summed E-state index contributed by atoms with van der Waals surface area (Å²) in [6.45, 7) is 8.41. The van der Waals surface area contributed by atoms with Gasteiger partial charge in [0.1, 0.15) is 24.0 Å². The minimum absolute atomic E-state index is 0.0387. The van der Waals surface area contributed by atoms with E-state index < -0.39 is 82.6 Å². The zero-order valence-corrected chi connectivity index (χ0v) is 25.8. The molecular formula is C32H38F5N3O5. The normalized spacial score (nSPS) is 31.1. The molecule has 13 heteroatoms. The smallest absolute Gasteiger partial charge is 0.416 e. The Kier molecular flexibility index (Phi) is 8.31. The number of hydrogen-bond donors (Lipinski definition) is 1. The second-order valence-corrected chi connectivity index (χ2v) is 13.9. The third-order valence-electron chi connectivity index (χ3n) is 9.40. The highest BCUT2D eigenvalue weighted by Gasteiger charge is 2.54. The van der Waals surface area contributed by atoms with Gasteiger partial charge in [0.05, 0.1) is 29.2 Å². The molecule has 3 heterocycles. The fourth-order valence-corrected chi connectivity index (χ4v) is 6.39. The Bertz CT molecular complexity index is 1490. The number of hydrogen-bond acceptors (Lipinski definition) is 6. The Hall–Kier alpha value is -3.51. The predicted octanol–water partition coefficient (Wildman–Crippen LogP) is 6.63. The van der Waals surface area contributed by atoms with Crippen molar-refractivity contribution in [3.05, 3.63) is 35.4 Å². The van der Waals surface area contributed by atoms with Crippen LogP contribution in [0.1, 0.15) is 77.8 Å². The maximum Gasteiger partial charge on any atom is 0.416 e. The van der Waals surface area contributed by atoms with E-state index in [4.69, 9.17) is 9.47 Å². The van der Waals surface area contributed by atoms with Gasteiger partial charge in [0.2, 0.25) is 11.8 Å². The molecule has 246 valence electrons. The molecule has 3 aliphatic rings. The number of alkyl halides is 5. The summed E-state index contributed by atoms with van der Waals surface area (Å²) in [5.74, 6) is -5.32. The van der Waals surface area contributed by atoms with Crippen molar-refractivity contribution >= 4 is 29.2 Å². The van der Waals surface area contributed by atoms with Gasteiger partial charge in [0.15, 0.2) is 0 Å². The summed E-state index contributed by atoms with van der Waals surface area (Å²) in [4.78, 5) is 44.6. The number of nitrogens with one attached hydrogen (secondary N) is 1. The van der Waals surface area contributed by atoms with Gasteiger partial charge in [-0.3, -0.25) is 4.79 Å². The minimum Gasteiger partial charge on any atom is -0.472 e. The van der Waals surface area contributed by atoms with Gasteiger partial charge < -0.3 is 24.5 Å². The first kappa shape index (κ1) is 32.9. The zero-order chi connectivity index (χ0) is 33.1. The van der Waals surface area contributed by atoms with E-state index in [1.165, 1.54) is 4.90 Å². The van der Waals surface area contributed by atoms with Gasteiger partial charge in [-0.2, -0.15) is 13.2 Å². The highest BCUT2D eigenvalue weighted by molar-refractivity contribution is 5.89. The fraction of sp³-hybridized carbons (Fsp3) is 0.625. The first-order valence-corrected chi connectivity index (χ1v) is 15.2. The number of pyridine rings is 1. The molecule has 1 saturated heterocycles. The molecule has 5 rings (SSSR count). The first-order valence-electron chi connectivity index (χ1n) is 15.2. The average molecular weight is 640 g/mol. The molecule has 6 atom stereocenters. The van der Waals surface area contributed by atoms with Crippen LogP contribution in [0.3, 0.4) is 0 Å². The number of halogens is 5. The van der Waals surface area contributed by atoms with Crippen LogP contribution in [0.4, 0.5) is 26.7 Å². The van der Waals surface area contributed by atoms with Crippen LogP contribution in [-0.4, -0.2) is 58.5 Å². The molecule has 1 N–H and O–H groups in total. The van der Waals surface area contributed by atoms with E-state index in [1.54, 1.807) is 34.6 Å². The fourth-order valence-electron chi connectivity index (χ4n) is 6.39. The number of nitrogens with zero attached hydrogens (tertiary/aromatic N) is 2. The van der Waals surface area contributed by atoms with E-state index in [1.807, 2.05) is 0 Å². The third kappa shape index (κ3) is 6.58. The van der Waals surface area contributed by atoms with Crippen LogP contribution in [0, 0.1) is 17.3 Å². The molecule has 2 fully saturated rings. The van der Waals surface area contributed by atoms with E-state index in [-0.39, 0.29) is 29.8 Å². The van der Waals surface area contributed by atoms with Crippen molar-refractivity contribution in [1.29, 1.82) is 0 Å². The number of benzene rings is 1. The number of fused-ring (bicyclic) bond motifs is 5. The molecule has 0 unspecified atom stereocenters. The molecule has 1 saturated carbocycles. The SMILES string of the molecule is C[C@@H]1[C@@H]2CN(C(=O)[C@H](C(C)(C)C)NC(=O)O[C@]3(C)C[C@H]3CCCCC(F)(F)c3cc4ccc(C(F)(F)F)cc4nc3O2)[C@@H]1C=O. The topological polar surface area (TPSA) is 97.8 Å². The lowest BCUT2D eigenvalue weighted by atomic mass is 9.85. The number of aromatic nitrogens is 1. The van der Waals surface area contributed by atoms with Crippen LogP contribution < -0.4 is 10.1 Å². The lowest BCUT2D eigenvalue weighted by Gasteiger charge is -2.35. The summed E-state index contributed by atoms with van der Waals surface area (Å²) in [5, 5.41) is 2.77. The summed E-state index contributed by atoms with van der Waals surface area (Å²) >= 11 is 0. The van der Waals surface area contributed by atoms with Crippen molar-refractivity contribution in [1.82, 2.24) is 15.2 Å². The van der Waals surface area contributed by atoms with Crippen molar-refractivity contribution in [3.63, 3.8) is 0 Å². The van der Waals surface area contributed by atoms with Gasteiger partial charge in [-0.05, 0) is 49.8 Å².